The normalized spacial score (nSPS) is 10.5. The fraction of sp³-hybridized carbons (Fsp3) is 0.333. The van der Waals surface area contributed by atoms with E-state index >= 15 is 0 Å². The lowest BCUT2D eigenvalue weighted by atomic mass is 10.2. The molecule has 3 nitrogen and oxygen atoms in total. The molecule has 2 rings (SSSR count). The van der Waals surface area contributed by atoms with Gasteiger partial charge < -0.3 is 5.32 Å². The molecular weight excluding hydrogens is 250 g/mol. The Hall–Kier alpha value is -1.07. The highest BCUT2D eigenvalue weighted by atomic mass is 32.2. The van der Waals surface area contributed by atoms with Crippen LogP contribution in [0.25, 0.3) is 0 Å². The van der Waals surface area contributed by atoms with Gasteiger partial charge in [-0.2, -0.15) is 0 Å². The third-order valence-electron chi connectivity index (χ3n) is 2.18. The van der Waals surface area contributed by atoms with E-state index in [1.165, 1.54) is 11.1 Å². The van der Waals surface area contributed by atoms with Crippen molar-refractivity contribution in [2.24, 2.45) is 0 Å². The van der Waals surface area contributed by atoms with Gasteiger partial charge in [-0.15, -0.1) is 10.2 Å². The van der Waals surface area contributed by atoms with E-state index in [0.717, 1.165) is 21.8 Å². The summed E-state index contributed by atoms with van der Waals surface area (Å²) < 4.78 is 1.02. The Morgan fingerprint density at radius 3 is 3.00 bits per heavy atom. The summed E-state index contributed by atoms with van der Waals surface area (Å²) >= 11 is 3.34. The molecule has 1 heterocycles. The van der Waals surface area contributed by atoms with Crippen molar-refractivity contribution in [2.45, 2.75) is 23.9 Å². The maximum atomic E-state index is 4.14. The number of hydrogen-bond donors (Lipinski definition) is 1. The summed E-state index contributed by atoms with van der Waals surface area (Å²) in [5, 5.41) is 12.3. The van der Waals surface area contributed by atoms with Crippen LogP contribution in [0.5, 0.6) is 0 Å². The van der Waals surface area contributed by atoms with Crippen LogP contribution < -0.4 is 5.32 Å². The molecule has 1 N–H and O–H groups in total. The van der Waals surface area contributed by atoms with Gasteiger partial charge in [0.2, 0.25) is 5.13 Å². The second kappa shape index (κ2) is 6.02. The molecule has 2 aromatic rings. The SMILES string of the molecule is CCNc1nnc(SCc2cccc(C)c2)s1. The summed E-state index contributed by atoms with van der Waals surface area (Å²) in [4.78, 5) is 0. The second-order valence-electron chi connectivity index (χ2n) is 3.68. The molecule has 5 heteroatoms. The van der Waals surface area contributed by atoms with Crippen LogP contribution in [0.4, 0.5) is 5.13 Å². The molecule has 0 atom stereocenters. The first-order chi connectivity index (χ1) is 8.28. The quantitative estimate of drug-likeness (QED) is 0.839. The van der Waals surface area contributed by atoms with Gasteiger partial charge in [-0.05, 0) is 19.4 Å². The maximum Gasteiger partial charge on any atom is 0.206 e. The van der Waals surface area contributed by atoms with Crippen molar-refractivity contribution in [3.8, 4) is 0 Å². The van der Waals surface area contributed by atoms with Crippen molar-refractivity contribution < 1.29 is 0 Å². The third-order valence-corrected chi connectivity index (χ3v) is 4.26. The van der Waals surface area contributed by atoms with Crippen LogP contribution >= 0.6 is 23.1 Å². The maximum absolute atomic E-state index is 4.14. The molecule has 0 aliphatic rings. The Bertz CT molecular complexity index is 482. The molecule has 0 amide bonds. The number of rotatable bonds is 5. The molecule has 0 aliphatic carbocycles. The number of anilines is 1. The highest BCUT2D eigenvalue weighted by molar-refractivity contribution is 8.00. The lowest BCUT2D eigenvalue weighted by Gasteiger charge is -1.99. The summed E-state index contributed by atoms with van der Waals surface area (Å²) in [6, 6.07) is 8.56. The number of nitrogens with zero attached hydrogens (tertiary/aromatic N) is 2. The first-order valence-electron chi connectivity index (χ1n) is 5.53. The van der Waals surface area contributed by atoms with Gasteiger partial charge in [0.25, 0.3) is 0 Å². The molecule has 0 spiro atoms. The number of nitrogens with one attached hydrogen (secondary N) is 1. The molecule has 0 radical (unpaired) electrons. The Balaban J connectivity index is 1.93. The van der Waals surface area contributed by atoms with Gasteiger partial charge in [-0.25, -0.2) is 0 Å². The fourth-order valence-electron chi connectivity index (χ4n) is 1.44. The average molecular weight is 265 g/mol. The van der Waals surface area contributed by atoms with Gasteiger partial charge in [-0.3, -0.25) is 0 Å². The number of aryl methyl sites for hydroxylation is 1. The van der Waals surface area contributed by atoms with E-state index in [1.807, 2.05) is 0 Å². The van der Waals surface area contributed by atoms with E-state index in [2.05, 4.69) is 53.6 Å². The Kier molecular flexibility index (Phi) is 4.39. The summed E-state index contributed by atoms with van der Waals surface area (Å²) in [6.07, 6.45) is 0. The van der Waals surface area contributed by atoms with Crippen LogP contribution in [0.3, 0.4) is 0 Å². The Morgan fingerprint density at radius 2 is 2.24 bits per heavy atom. The van der Waals surface area contributed by atoms with Crippen LogP contribution in [-0.2, 0) is 5.75 Å². The summed E-state index contributed by atoms with van der Waals surface area (Å²) in [6.45, 7) is 5.06. The molecule has 0 aliphatic heterocycles. The summed E-state index contributed by atoms with van der Waals surface area (Å²) in [5.74, 6) is 0.947. The largest absolute Gasteiger partial charge is 0.360 e. The molecule has 90 valence electrons. The zero-order chi connectivity index (χ0) is 12.1. The van der Waals surface area contributed by atoms with Crippen molar-refractivity contribution in [1.29, 1.82) is 0 Å². The predicted molar refractivity (Wildman–Crippen MR) is 74.8 cm³/mol. The zero-order valence-corrected chi connectivity index (χ0v) is 11.6. The number of benzene rings is 1. The lowest BCUT2D eigenvalue weighted by Crippen LogP contribution is -1.94. The van der Waals surface area contributed by atoms with E-state index in [9.17, 15) is 0 Å². The highest BCUT2D eigenvalue weighted by Gasteiger charge is 2.04. The molecule has 0 saturated heterocycles. The van der Waals surface area contributed by atoms with E-state index in [4.69, 9.17) is 0 Å². The first-order valence-corrected chi connectivity index (χ1v) is 7.34. The molecular formula is C12H15N3S2. The van der Waals surface area contributed by atoms with Gasteiger partial charge >= 0.3 is 0 Å². The Morgan fingerprint density at radius 1 is 1.35 bits per heavy atom. The first kappa shape index (κ1) is 12.4. The van der Waals surface area contributed by atoms with Gasteiger partial charge in [0.15, 0.2) is 4.34 Å². The van der Waals surface area contributed by atoms with E-state index in [1.54, 1.807) is 23.1 Å². The van der Waals surface area contributed by atoms with E-state index in [0.29, 0.717) is 0 Å². The van der Waals surface area contributed by atoms with Crippen LogP contribution in [-0.4, -0.2) is 16.7 Å². The molecule has 0 saturated carbocycles. The highest BCUT2D eigenvalue weighted by Crippen LogP contribution is 2.28. The van der Waals surface area contributed by atoms with Crippen LogP contribution in [0.15, 0.2) is 28.6 Å². The fourth-order valence-corrected chi connectivity index (χ4v) is 3.20. The molecule has 1 aromatic heterocycles. The van der Waals surface area contributed by atoms with Crippen molar-refractivity contribution in [1.82, 2.24) is 10.2 Å². The summed E-state index contributed by atoms with van der Waals surface area (Å²) in [7, 11) is 0. The molecule has 0 unspecified atom stereocenters. The number of hydrogen-bond acceptors (Lipinski definition) is 5. The van der Waals surface area contributed by atoms with Crippen molar-refractivity contribution in [3.63, 3.8) is 0 Å². The standard InChI is InChI=1S/C12H15N3S2/c1-3-13-11-14-15-12(17-11)16-8-10-6-4-5-9(2)7-10/h4-7H,3,8H2,1-2H3,(H,13,14). The monoisotopic (exact) mass is 265 g/mol. The number of aromatic nitrogens is 2. The average Bonchev–Trinajstić information content (AvgIpc) is 2.75. The van der Waals surface area contributed by atoms with Crippen molar-refractivity contribution >= 4 is 28.2 Å². The molecule has 0 fully saturated rings. The van der Waals surface area contributed by atoms with E-state index < -0.39 is 0 Å². The minimum Gasteiger partial charge on any atom is -0.360 e. The van der Waals surface area contributed by atoms with Crippen LogP contribution in [0, 0.1) is 6.92 Å². The minimum atomic E-state index is 0.886. The van der Waals surface area contributed by atoms with Crippen LogP contribution in [0.1, 0.15) is 18.1 Å². The third kappa shape index (κ3) is 3.71. The van der Waals surface area contributed by atoms with Gasteiger partial charge in [-0.1, -0.05) is 52.9 Å². The predicted octanol–water partition coefficient (Wildman–Crippen LogP) is 3.57. The Labute approximate surface area is 110 Å². The van der Waals surface area contributed by atoms with E-state index in [-0.39, 0.29) is 0 Å². The summed E-state index contributed by atoms with van der Waals surface area (Å²) in [5.41, 5.74) is 2.63. The van der Waals surface area contributed by atoms with Gasteiger partial charge in [0, 0.05) is 12.3 Å². The molecule has 17 heavy (non-hydrogen) atoms. The van der Waals surface area contributed by atoms with Gasteiger partial charge in [0.1, 0.15) is 0 Å². The van der Waals surface area contributed by atoms with Gasteiger partial charge in [0.05, 0.1) is 0 Å². The smallest absolute Gasteiger partial charge is 0.206 e. The lowest BCUT2D eigenvalue weighted by molar-refractivity contribution is 1.00. The number of thioether (sulfide) groups is 1. The molecule has 1 aromatic carbocycles. The second-order valence-corrected chi connectivity index (χ2v) is 5.88. The zero-order valence-electron chi connectivity index (χ0n) is 9.93. The minimum absolute atomic E-state index is 0.886. The van der Waals surface area contributed by atoms with Crippen molar-refractivity contribution in [3.05, 3.63) is 35.4 Å². The topological polar surface area (TPSA) is 37.8 Å². The van der Waals surface area contributed by atoms with Crippen LogP contribution in [0.2, 0.25) is 0 Å². The van der Waals surface area contributed by atoms with Crippen molar-refractivity contribution in [2.75, 3.05) is 11.9 Å². The molecule has 0 bridgehead atoms.